The van der Waals surface area contributed by atoms with Crippen molar-refractivity contribution < 1.29 is 4.42 Å². The van der Waals surface area contributed by atoms with Gasteiger partial charge in [0.15, 0.2) is 0 Å². The van der Waals surface area contributed by atoms with Crippen molar-refractivity contribution in [3.05, 3.63) is 36.2 Å². The van der Waals surface area contributed by atoms with E-state index >= 15 is 0 Å². The Kier molecular flexibility index (Phi) is 2.69. The minimum absolute atomic E-state index is 0.119. The van der Waals surface area contributed by atoms with Crippen LogP contribution in [-0.4, -0.2) is 10.2 Å². The average Bonchev–Trinajstić information content (AvgIpc) is 2.63. The molecule has 2 rings (SSSR count). The van der Waals surface area contributed by atoms with Crippen LogP contribution in [0.1, 0.15) is 5.89 Å². The lowest BCUT2D eigenvalue weighted by atomic mass is 10.4. The van der Waals surface area contributed by atoms with Crippen molar-refractivity contribution in [3.8, 4) is 0 Å². The summed E-state index contributed by atoms with van der Waals surface area (Å²) >= 11 is 1.64. The van der Waals surface area contributed by atoms with Gasteiger partial charge in [-0.2, -0.15) is 0 Å². The lowest BCUT2D eigenvalue weighted by Crippen LogP contribution is -1.81. The van der Waals surface area contributed by atoms with Crippen LogP contribution < -0.4 is 5.73 Å². The van der Waals surface area contributed by atoms with Crippen LogP contribution in [0, 0.1) is 0 Å². The van der Waals surface area contributed by atoms with Crippen LogP contribution in [0.3, 0.4) is 0 Å². The Balaban J connectivity index is 1.95. The maximum absolute atomic E-state index is 5.30. The number of nitrogens with two attached hydrogens (primary N) is 1. The summed E-state index contributed by atoms with van der Waals surface area (Å²) in [5.41, 5.74) is 5.30. The third kappa shape index (κ3) is 2.26. The first-order chi connectivity index (χ1) is 6.84. The summed E-state index contributed by atoms with van der Waals surface area (Å²) in [5.74, 6) is 1.20. The van der Waals surface area contributed by atoms with E-state index in [9.17, 15) is 0 Å². The van der Waals surface area contributed by atoms with Gasteiger partial charge in [0.2, 0.25) is 5.89 Å². The molecule has 0 atom stereocenters. The zero-order valence-corrected chi connectivity index (χ0v) is 8.20. The Morgan fingerprint density at radius 3 is 2.64 bits per heavy atom. The molecule has 1 heterocycles. The molecule has 14 heavy (non-hydrogen) atoms. The Morgan fingerprint density at radius 1 is 1.21 bits per heavy atom. The summed E-state index contributed by atoms with van der Waals surface area (Å²) in [5, 5.41) is 7.35. The monoisotopic (exact) mass is 207 g/mol. The first-order valence-corrected chi connectivity index (χ1v) is 5.09. The van der Waals surface area contributed by atoms with Gasteiger partial charge in [0.25, 0.3) is 0 Å². The van der Waals surface area contributed by atoms with Gasteiger partial charge in [0, 0.05) is 4.90 Å². The largest absolute Gasteiger partial charge is 0.407 e. The van der Waals surface area contributed by atoms with Crippen molar-refractivity contribution in [2.24, 2.45) is 0 Å². The van der Waals surface area contributed by atoms with Gasteiger partial charge in [0.05, 0.1) is 5.75 Å². The van der Waals surface area contributed by atoms with Crippen LogP contribution in [0.5, 0.6) is 0 Å². The van der Waals surface area contributed by atoms with Crippen molar-refractivity contribution in [1.82, 2.24) is 10.2 Å². The highest BCUT2D eigenvalue weighted by Gasteiger charge is 2.02. The highest BCUT2D eigenvalue weighted by Crippen LogP contribution is 2.21. The highest BCUT2D eigenvalue weighted by molar-refractivity contribution is 7.98. The van der Waals surface area contributed by atoms with Gasteiger partial charge < -0.3 is 10.2 Å². The number of anilines is 1. The molecule has 4 nitrogen and oxygen atoms in total. The van der Waals surface area contributed by atoms with E-state index in [1.165, 1.54) is 4.90 Å². The topological polar surface area (TPSA) is 64.9 Å². The van der Waals surface area contributed by atoms with Crippen LogP contribution >= 0.6 is 11.8 Å². The molecule has 0 bridgehead atoms. The SMILES string of the molecule is Nc1nnc(CSc2ccccc2)o1. The van der Waals surface area contributed by atoms with Gasteiger partial charge in [-0.3, -0.25) is 0 Å². The molecule has 0 unspecified atom stereocenters. The third-order valence-corrected chi connectivity index (χ3v) is 2.58. The first-order valence-electron chi connectivity index (χ1n) is 4.10. The van der Waals surface area contributed by atoms with E-state index in [1.807, 2.05) is 30.3 Å². The summed E-state index contributed by atoms with van der Waals surface area (Å²) in [7, 11) is 0. The van der Waals surface area contributed by atoms with Crippen molar-refractivity contribution in [1.29, 1.82) is 0 Å². The number of nitrogen functional groups attached to an aromatic ring is 1. The second-order valence-corrected chi connectivity index (χ2v) is 3.68. The molecule has 0 fully saturated rings. The Hall–Kier alpha value is -1.49. The number of hydrogen-bond acceptors (Lipinski definition) is 5. The number of aromatic nitrogens is 2. The third-order valence-electron chi connectivity index (χ3n) is 1.59. The van der Waals surface area contributed by atoms with Crippen molar-refractivity contribution >= 4 is 17.8 Å². The van der Waals surface area contributed by atoms with Crippen LogP contribution in [-0.2, 0) is 5.75 Å². The van der Waals surface area contributed by atoms with Crippen LogP contribution in [0.2, 0.25) is 0 Å². The molecule has 1 aromatic heterocycles. The summed E-state index contributed by atoms with van der Waals surface area (Å²) in [6.07, 6.45) is 0. The summed E-state index contributed by atoms with van der Waals surface area (Å²) in [6.45, 7) is 0. The molecule has 0 saturated carbocycles. The Morgan fingerprint density at radius 2 is 2.00 bits per heavy atom. The fraction of sp³-hybridized carbons (Fsp3) is 0.111. The molecule has 0 aliphatic heterocycles. The summed E-state index contributed by atoms with van der Waals surface area (Å²) in [6, 6.07) is 10.1. The molecule has 0 spiro atoms. The minimum atomic E-state index is 0.119. The van der Waals surface area contributed by atoms with Gasteiger partial charge in [0.1, 0.15) is 0 Å². The maximum atomic E-state index is 5.30. The molecule has 0 amide bonds. The average molecular weight is 207 g/mol. The molecule has 0 saturated heterocycles. The maximum Gasteiger partial charge on any atom is 0.312 e. The lowest BCUT2D eigenvalue weighted by molar-refractivity contribution is 0.533. The molecular weight excluding hydrogens is 198 g/mol. The second-order valence-electron chi connectivity index (χ2n) is 2.64. The van der Waals surface area contributed by atoms with Crippen molar-refractivity contribution in [3.63, 3.8) is 0 Å². The fourth-order valence-corrected chi connectivity index (χ4v) is 1.74. The normalized spacial score (nSPS) is 10.3. The second kappa shape index (κ2) is 4.15. The number of thioether (sulfide) groups is 1. The molecule has 0 aliphatic rings. The van der Waals surface area contributed by atoms with Gasteiger partial charge in [-0.1, -0.05) is 23.3 Å². The molecule has 0 radical (unpaired) electrons. The number of hydrogen-bond donors (Lipinski definition) is 1. The van der Waals surface area contributed by atoms with E-state index in [0.717, 1.165) is 0 Å². The number of rotatable bonds is 3. The van der Waals surface area contributed by atoms with Crippen LogP contribution in [0.25, 0.3) is 0 Å². The Labute approximate surface area is 85.5 Å². The molecular formula is C9H9N3OS. The van der Waals surface area contributed by atoms with Gasteiger partial charge in [-0.15, -0.1) is 16.9 Å². The quantitative estimate of drug-likeness (QED) is 0.779. The zero-order valence-electron chi connectivity index (χ0n) is 7.38. The molecule has 1 aromatic carbocycles. The van der Waals surface area contributed by atoms with Gasteiger partial charge >= 0.3 is 6.01 Å². The fourth-order valence-electron chi connectivity index (χ4n) is 0.987. The minimum Gasteiger partial charge on any atom is -0.407 e. The molecule has 72 valence electrons. The predicted octanol–water partition coefficient (Wildman–Crippen LogP) is 1.94. The molecule has 2 aromatic rings. The van der Waals surface area contributed by atoms with E-state index < -0.39 is 0 Å². The van der Waals surface area contributed by atoms with Gasteiger partial charge in [-0.05, 0) is 12.1 Å². The highest BCUT2D eigenvalue weighted by atomic mass is 32.2. The lowest BCUT2D eigenvalue weighted by Gasteiger charge is -1.96. The van der Waals surface area contributed by atoms with Crippen LogP contribution in [0.15, 0.2) is 39.6 Å². The first kappa shape index (κ1) is 9.08. The molecule has 0 aliphatic carbocycles. The van der Waals surface area contributed by atoms with E-state index in [2.05, 4.69) is 10.2 Å². The Bertz CT molecular complexity index is 401. The summed E-state index contributed by atoms with van der Waals surface area (Å²) < 4.78 is 5.04. The predicted molar refractivity (Wildman–Crippen MR) is 54.7 cm³/mol. The standard InChI is InChI=1S/C9H9N3OS/c10-9-12-11-8(13-9)6-14-7-4-2-1-3-5-7/h1-5H,6H2,(H2,10,12). The van der Waals surface area contributed by atoms with E-state index in [1.54, 1.807) is 11.8 Å². The van der Waals surface area contributed by atoms with E-state index in [-0.39, 0.29) is 6.01 Å². The molecule has 2 N–H and O–H groups in total. The smallest absolute Gasteiger partial charge is 0.312 e. The molecule has 5 heteroatoms. The van der Waals surface area contributed by atoms with E-state index in [4.69, 9.17) is 10.2 Å². The zero-order chi connectivity index (χ0) is 9.80. The van der Waals surface area contributed by atoms with Gasteiger partial charge in [-0.25, -0.2) is 0 Å². The van der Waals surface area contributed by atoms with Crippen LogP contribution in [0.4, 0.5) is 6.01 Å². The number of nitrogens with zero attached hydrogens (tertiary/aromatic N) is 2. The van der Waals surface area contributed by atoms with Crippen molar-refractivity contribution in [2.45, 2.75) is 10.6 Å². The van der Waals surface area contributed by atoms with E-state index in [0.29, 0.717) is 11.6 Å². The van der Waals surface area contributed by atoms with Crippen molar-refractivity contribution in [2.75, 3.05) is 5.73 Å². The summed E-state index contributed by atoms with van der Waals surface area (Å²) in [4.78, 5) is 1.17. The number of benzene rings is 1.